The van der Waals surface area contributed by atoms with Gasteiger partial charge in [-0.15, -0.1) is 0 Å². The minimum atomic E-state index is -1.70. The summed E-state index contributed by atoms with van der Waals surface area (Å²) in [7, 11) is 0. The van der Waals surface area contributed by atoms with Crippen LogP contribution in [0, 0.1) is 17.5 Å². The largest absolute Gasteiger partial charge is 0.492 e. The molecule has 0 aliphatic carbocycles. The lowest BCUT2D eigenvalue weighted by molar-refractivity contribution is -0.123. The highest BCUT2D eigenvalue weighted by molar-refractivity contribution is 6.08. The number of para-hydroxylation sites is 2. The Morgan fingerprint density at radius 2 is 1.56 bits per heavy atom. The predicted molar refractivity (Wildman–Crippen MR) is 85.8 cm³/mol. The molecule has 0 atom stereocenters. The van der Waals surface area contributed by atoms with Gasteiger partial charge in [0, 0.05) is 0 Å². The maximum Gasteiger partial charge on any atom is 0.233 e. The zero-order valence-electron chi connectivity index (χ0n) is 13.2. The summed E-state index contributed by atoms with van der Waals surface area (Å²) < 4.78 is 44.8. The summed E-state index contributed by atoms with van der Waals surface area (Å²) in [6, 6.07) is 8.18. The summed E-state index contributed by atoms with van der Waals surface area (Å²) in [5.41, 5.74) is -0.174. The van der Waals surface area contributed by atoms with Crippen LogP contribution in [0.4, 0.5) is 24.5 Å². The number of halogens is 3. The van der Waals surface area contributed by atoms with E-state index in [0.29, 0.717) is 24.1 Å². The van der Waals surface area contributed by atoms with Gasteiger partial charge < -0.3 is 15.4 Å². The molecule has 132 valence electrons. The van der Waals surface area contributed by atoms with E-state index in [2.05, 4.69) is 5.32 Å². The molecule has 0 aliphatic heterocycles. The van der Waals surface area contributed by atoms with Gasteiger partial charge in [0.05, 0.1) is 18.0 Å². The SMILES string of the molecule is CCOc1ccccc1NC(=O)CC(=O)Nc1ccc(F)c(F)c1F. The summed E-state index contributed by atoms with van der Waals surface area (Å²) >= 11 is 0. The molecule has 0 saturated heterocycles. The second kappa shape index (κ2) is 8.18. The second-order valence-electron chi connectivity index (χ2n) is 4.93. The van der Waals surface area contributed by atoms with Crippen LogP contribution in [-0.2, 0) is 9.59 Å². The van der Waals surface area contributed by atoms with Crippen molar-refractivity contribution in [2.45, 2.75) is 13.3 Å². The molecule has 0 radical (unpaired) electrons. The highest BCUT2D eigenvalue weighted by Crippen LogP contribution is 2.24. The Labute approximate surface area is 141 Å². The number of hydrogen-bond acceptors (Lipinski definition) is 3. The van der Waals surface area contributed by atoms with Crippen LogP contribution in [0.3, 0.4) is 0 Å². The Morgan fingerprint density at radius 1 is 0.920 bits per heavy atom. The van der Waals surface area contributed by atoms with Crippen LogP contribution in [0.2, 0.25) is 0 Å². The fourth-order valence-electron chi connectivity index (χ4n) is 2.01. The summed E-state index contributed by atoms with van der Waals surface area (Å²) in [6.45, 7) is 2.17. The number of benzene rings is 2. The molecular weight excluding hydrogens is 337 g/mol. The minimum Gasteiger partial charge on any atom is -0.492 e. The third kappa shape index (κ3) is 4.72. The summed E-state index contributed by atoms with van der Waals surface area (Å²) in [4.78, 5) is 23.7. The van der Waals surface area contributed by atoms with E-state index in [-0.39, 0.29) is 0 Å². The lowest BCUT2D eigenvalue weighted by atomic mass is 10.2. The maximum absolute atomic E-state index is 13.5. The molecule has 2 amide bonds. The molecule has 0 fully saturated rings. The molecule has 0 bridgehead atoms. The Hall–Kier alpha value is -3.03. The van der Waals surface area contributed by atoms with Crippen molar-refractivity contribution < 1.29 is 27.5 Å². The number of nitrogens with one attached hydrogen (secondary N) is 2. The van der Waals surface area contributed by atoms with Crippen molar-refractivity contribution >= 4 is 23.2 Å². The molecule has 2 rings (SSSR count). The van der Waals surface area contributed by atoms with Gasteiger partial charge in [-0.05, 0) is 31.2 Å². The molecule has 2 aromatic carbocycles. The second-order valence-corrected chi connectivity index (χ2v) is 4.93. The van der Waals surface area contributed by atoms with Crippen molar-refractivity contribution in [1.82, 2.24) is 0 Å². The molecule has 0 heterocycles. The van der Waals surface area contributed by atoms with Crippen LogP contribution in [0.25, 0.3) is 0 Å². The third-order valence-electron chi connectivity index (χ3n) is 3.09. The van der Waals surface area contributed by atoms with E-state index in [9.17, 15) is 22.8 Å². The number of carbonyl (C=O) groups is 2. The van der Waals surface area contributed by atoms with E-state index in [1.807, 2.05) is 5.32 Å². The predicted octanol–water partition coefficient (Wildman–Crippen LogP) is 3.47. The van der Waals surface area contributed by atoms with Crippen LogP contribution < -0.4 is 15.4 Å². The molecule has 2 aromatic rings. The van der Waals surface area contributed by atoms with Gasteiger partial charge >= 0.3 is 0 Å². The molecule has 0 unspecified atom stereocenters. The average Bonchev–Trinajstić information content (AvgIpc) is 2.57. The lowest BCUT2D eigenvalue weighted by Gasteiger charge is -2.11. The van der Waals surface area contributed by atoms with E-state index in [0.717, 1.165) is 6.07 Å². The summed E-state index contributed by atoms with van der Waals surface area (Å²) in [5.74, 6) is -5.72. The number of amides is 2. The standard InChI is InChI=1S/C17H15F3N2O3/c1-2-25-13-6-4-3-5-11(13)21-14(23)9-15(24)22-12-8-7-10(18)16(19)17(12)20/h3-8H,2,9H2,1H3,(H,21,23)(H,22,24). The number of hydrogen-bond donors (Lipinski definition) is 2. The van der Waals surface area contributed by atoms with Crippen LogP contribution in [-0.4, -0.2) is 18.4 Å². The Balaban J connectivity index is 1.99. The Kier molecular flexibility index (Phi) is 5.99. The van der Waals surface area contributed by atoms with Crippen LogP contribution in [0.5, 0.6) is 5.75 Å². The molecule has 0 aliphatic rings. The average molecular weight is 352 g/mol. The number of rotatable bonds is 6. The molecular formula is C17H15F3N2O3. The molecule has 8 heteroatoms. The van der Waals surface area contributed by atoms with E-state index < -0.39 is 41.4 Å². The highest BCUT2D eigenvalue weighted by atomic mass is 19.2. The molecule has 2 N–H and O–H groups in total. The molecule has 5 nitrogen and oxygen atoms in total. The number of carbonyl (C=O) groups excluding carboxylic acids is 2. The van der Waals surface area contributed by atoms with Gasteiger partial charge in [0.15, 0.2) is 17.5 Å². The van der Waals surface area contributed by atoms with E-state index >= 15 is 0 Å². The van der Waals surface area contributed by atoms with Crippen molar-refractivity contribution in [1.29, 1.82) is 0 Å². The molecule has 0 saturated carbocycles. The lowest BCUT2D eigenvalue weighted by Crippen LogP contribution is -2.22. The first kappa shape index (κ1) is 18.3. The first-order valence-electron chi connectivity index (χ1n) is 7.37. The van der Waals surface area contributed by atoms with Gasteiger partial charge in [-0.2, -0.15) is 0 Å². The van der Waals surface area contributed by atoms with Gasteiger partial charge in [-0.1, -0.05) is 12.1 Å². The van der Waals surface area contributed by atoms with Crippen LogP contribution >= 0.6 is 0 Å². The molecule has 0 aromatic heterocycles. The maximum atomic E-state index is 13.5. The van der Waals surface area contributed by atoms with Gasteiger partial charge in [0.25, 0.3) is 0 Å². The van der Waals surface area contributed by atoms with Crippen molar-refractivity contribution in [3.8, 4) is 5.75 Å². The minimum absolute atomic E-state index is 0.376. The summed E-state index contributed by atoms with van der Waals surface area (Å²) in [5, 5.41) is 4.52. The highest BCUT2D eigenvalue weighted by Gasteiger charge is 2.17. The van der Waals surface area contributed by atoms with Gasteiger partial charge in [0.1, 0.15) is 12.2 Å². The van der Waals surface area contributed by atoms with E-state index in [1.165, 1.54) is 0 Å². The normalized spacial score (nSPS) is 10.2. The topological polar surface area (TPSA) is 67.4 Å². The van der Waals surface area contributed by atoms with Crippen LogP contribution in [0.15, 0.2) is 36.4 Å². The van der Waals surface area contributed by atoms with E-state index in [1.54, 1.807) is 31.2 Å². The zero-order valence-corrected chi connectivity index (χ0v) is 13.2. The van der Waals surface area contributed by atoms with Crippen molar-refractivity contribution in [2.75, 3.05) is 17.2 Å². The molecule has 25 heavy (non-hydrogen) atoms. The van der Waals surface area contributed by atoms with Gasteiger partial charge in [0.2, 0.25) is 11.8 Å². The fraction of sp³-hybridized carbons (Fsp3) is 0.176. The first-order chi connectivity index (χ1) is 11.9. The van der Waals surface area contributed by atoms with Crippen LogP contribution in [0.1, 0.15) is 13.3 Å². The zero-order chi connectivity index (χ0) is 18.4. The fourth-order valence-corrected chi connectivity index (χ4v) is 2.01. The molecule has 0 spiro atoms. The first-order valence-corrected chi connectivity index (χ1v) is 7.37. The number of anilines is 2. The number of ether oxygens (including phenoxy) is 1. The summed E-state index contributed by atoms with van der Waals surface area (Å²) in [6.07, 6.45) is -0.640. The van der Waals surface area contributed by atoms with E-state index in [4.69, 9.17) is 4.74 Å². The third-order valence-corrected chi connectivity index (χ3v) is 3.09. The van der Waals surface area contributed by atoms with Crippen molar-refractivity contribution in [3.05, 3.63) is 53.8 Å². The Morgan fingerprint density at radius 3 is 2.24 bits per heavy atom. The smallest absolute Gasteiger partial charge is 0.233 e. The van der Waals surface area contributed by atoms with Gasteiger partial charge in [-0.3, -0.25) is 9.59 Å². The van der Waals surface area contributed by atoms with Crippen molar-refractivity contribution in [3.63, 3.8) is 0 Å². The Bertz CT molecular complexity index is 797. The monoisotopic (exact) mass is 352 g/mol. The quantitative estimate of drug-likeness (QED) is 0.618. The van der Waals surface area contributed by atoms with Gasteiger partial charge in [-0.25, -0.2) is 13.2 Å². The van der Waals surface area contributed by atoms with Crippen molar-refractivity contribution in [2.24, 2.45) is 0 Å².